The molecule has 1 aliphatic rings. The van der Waals surface area contributed by atoms with Gasteiger partial charge in [0.1, 0.15) is 11.5 Å². The molecule has 0 aliphatic carbocycles. The van der Waals surface area contributed by atoms with E-state index in [2.05, 4.69) is 25.9 Å². The zero-order chi connectivity index (χ0) is 26.5. The van der Waals surface area contributed by atoms with Gasteiger partial charge in [-0.3, -0.25) is 9.36 Å². The second kappa shape index (κ2) is 11.9. The average Bonchev–Trinajstić information content (AvgIpc) is 3.34. The molecule has 0 radical (unpaired) electrons. The second-order valence-corrected chi connectivity index (χ2v) is 9.84. The number of carbonyl (C=O) groups excluding carboxylic acids is 1. The molecule has 0 saturated carbocycles. The highest BCUT2D eigenvalue weighted by Gasteiger charge is 2.18. The third-order valence-electron chi connectivity index (χ3n) is 6.73. The van der Waals surface area contributed by atoms with Crippen molar-refractivity contribution >= 4 is 28.5 Å². The number of alkyl halides is 1. The molecule has 38 heavy (non-hydrogen) atoms. The summed E-state index contributed by atoms with van der Waals surface area (Å²) in [6, 6.07) is 13.9. The van der Waals surface area contributed by atoms with Crippen LogP contribution in [0.1, 0.15) is 35.2 Å². The molecule has 0 unspecified atom stereocenters. The molecule has 3 heterocycles. The van der Waals surface area contributed by atoms with E-state index in [0.29, 0.717) is 40.4 Å². The van der Waals surface area contributed by atoms with Gasteiger partial charge in [-0.2, -0.15) is 4.98 Å². The summed E-state index contributed by atoms with van der Waals surface area (Å²) in [6.07, 6.45) is 4.30. The van der Waals surface area contributed by atoms with Gasteiger partial charge >= 0.3 is 5.69 Å². The first kappa shape index (κ1) is 26.1. The lowest BCUT2D eigenvalue weighted by molar-refractivity contribution is 0.0929. The predicted molar refractivity (Wildman–Crippen MR) is 147 cm³/mol. The van der Waals surface area contributed by atoms with Crippen LogP contribution in [0.25, 0.3) is 28.0 Å². The second-order valence-electron chi connectivity index (χ2n) is 9.46. The fourth-order valence-corrected chi connectivity index (χ4v) is 4.77. The fraction of sp³-hybridized carbons (Fsp3) is 0.321. The largest absolute Gasteiger partial charge is 0.354 e. The molecule has 2 aromatic carbocycles. The van der Waals surface area contributed by atoms with E-state index in [1.807, 2.05) is 24.3 Å². The molecular formula is C28H30ClFN6O2. The monoisotopic (exact) mass is 536 g/mol. The van der Waals surface area contributed by atoms with E-state index >= 15 is 4.39 Å². The van der Waals surface area contributed by atoms with Crippen molar-refractivity contribution < 1.29 is 9.18 Å². The van der Waals surface area contributed by atoms with Gasteiger partial charge in [-0.1, -0.05) is 12.1 Å². The maximum absolute atomic E-state index is 15.1. The number of aromatic amines is 1. The first-order valence-corrected chi connectivity index (χ1v) is 13.4. The SMILES string of the molecule is O=C(NC1CCNCC1)c1ccc(-c2cc3cn(-c4ccc(CNCCCCl)cc4)c(=O)nc3[nH]2)c(F)c1. The third-order valence-corrected chi connectivity index (χ3v) is 7.00. The normalized spacial score (nSPS) is 14.2. The average molecular weight is 537 g/mol. The zero-order valence-electron chi connectivity index (χ0n) is 20.9. The van der Waals surface area contributed by atoms with Gasteiger partial charge in [-0.15, -0.1) is 11.6 Å². The molecule has 1 aliphatic heterocycles. The van der Waals surface area contributed by atoms with Gasteiger partial charge in [0.15, 0.2) is 0 Å². The number of nitrogens with zero attached hydrogens (tertiary/aromatic N) is 2. The van der Waals surface area contributed by atoms with Gasteiger partial charge in [0.25, 0.3) is 5.91 Å². The van der Waals surface area contributed by atoms with E-state index in [-0.39, 0.29) is 17.5 Å². The topological polar surface area (TPSA) is 104 Å². The van der Waals surface area contributed by atoms with E-state index in [4.69, 9.17) is 11.6 Å². The number of amides is 1. The molecule has 198 valence electrons. The minimum absolute atomic E-state index is 0.0909. The number of halogens is 2. The van der Waals surface area contributed by atoms with Crippen LogP contribution in [0.5, 0.6) is 0 Å². The van der Waals surface area contributed by atoms with Crippen molar-refractivity contribution in [2.24, 2.45) is 0 Å². The van der Waals surface area contributed by atoms with Crippen LogP contribution < -0.4 is 21.6 Å². The summed E-state index contributed by atoms with van der Waals surface area (Å²) in [5.74, 6) is -0.186. The Morgan fingerprint density at radius 3 is 2.66 bits per heavy atom. The van der Waals surface area contributed by atoms with Crippen molar-refractivity contribution in [3.8, 4) is 16.9 Å². The summed E-state index contributed by atoms with van der Waals surface area (Å²) < 4.78 is 16.6. The molecule has 10 heteroatoms. The zero-order valence-corrected chi connectivity index (χ0v) is 21.7. The Morgan fingerprint density at radius 2 is 1.92 bits per heavy atom. The van der Waals surface area contributed by atoms with E-state index < -0.39 is 11.5 Å². The van der Waals surface area contributed by atoms with Gasteiger partial charge in [0.05, 0.1) is 11.4 Å². The van der Waals surface area contributed by atoms with Crippen LogP contribution in [-0.4, -0.2) is 52.0 Å². The lowest BCUT2D eigenvalue weighted by atomic mass is 10.0. The van der Waals surface area contributed by atoms with Crippen molar-refractivity contribution in [2.45, 2.75) is 31.8 Å². The number of hydrogen-bond acceptors (Lipinski definition) is 5. The van der Waals surface area contributed by atoms with Gasteiger partial charge < -0.3 is 20.9 Å². The Kier molecular flexibility index (Phi) is 8.17. The minimum atomic E-state index is -0.528. The number of piperidine rings is 1. The van der Waals surface area contributed by atoms with Gasteiger partial charge in [-0.25, -0.2) is 9.18 Å². The molecular weight excluding hydrogens is 507 g/mol. The first-order valence-electron chi connectivity index (χ1n) is 12.8. The van der Waals surface area contributed by atoms with Crippen LogP contribution in [0.4, 0.5) is 4.39 Å². The van der Waals surface area contributed by atoms with Crippen LogP contribution >= 0.6 is 11.6 Å². The number of aromatic nitrogens is 3. The molecule has 0 spiro atoms. The minimum Gasteiger partial charge on any atom is -0.349 e. The van der Waals surface area contributed by atoms with Crippen LogP contribution in [0.15, 0.2) is 59.5 Å². The number of benzene rings is 2. The lowest BCUT2D eigenvalue weighted by Crippen LogP contribution is -2.42. The molecule has 4 N–H and O–H groups in total. The molecule has 8 nitrogen and oxygen atoms in total. The molecule has 4 aromatic rings. The van der Waals surface area contributed by atoms with Crippen molar-refractivity contribution in [3.63, 3.8) is 0 Å². The Bertz CT molecular complexity index is 1480. The standard InChI is InChI=1S/C28H30ClFN6O2/c29-10-1-11-32-16-18-2-5-22(6-3-18)36-17-20-15-25(34-26(20)35-28(36)38)23-7-4-19(14-24(23)30)27(37)33-21-8-12-31-13-9-21/h2-7,14-15,17,21,31-32H,1,8-13,16H2,(H,33,37)(H,34,35,38). The first-order chi connectivity index (χ1) is 18.5. The summed E-state index contributed by atoms with van der Waals surface area (Å²) >= 11 is 5.70. The Labute approximate surface area is 224 Å². The van der Waals surface area contributed by atoms with Gasteiger partial charge in [0.2, 0.25) is 0 Å². The highest BCUT2D eigenvalue weighted by atomic mass is 35.5. The maximum Gasteiger partial charge on any atom is 0.354 e. The van der Waals surface area contributed by atoms with E-state index in [9.17, 15) is 9.59 Å². The van der Waals surface area contributed by atoms with Crippen molar-refractivity contribution in [3.05, 3.63) is 82.2 Å². The van der Waals surface area contributed by atoms with Gasteiger partial charge in [0, 0.05) is 41.2 Å². The summed E-state index contributed by atoms with van der Waals surface area (Å²) in [5, 5.41) is 10.2. The van der Waals surface area contributed by atoms with Crippen LogP contribution in [0, 0.1) is 5.82 Å². The van der Waals surface area contributed by atoms with E-state index in [1.54, 1.807) is 24.4 Å². The lowest BCUT2D eigenvalue weighted by Gasteiger charge is -2.23. The number of fused-ring (bicyclic) bond motifs is 1. The molecule has 0 bridgehead atoms. The Hall–Kier alpha value is -3.53. The molecule has 2 aromatic heterocycles. The van der Waals surface area contributed by atoms with E-state index in [1.165, 1.54) is 10.6 Å². The van der Waals surface area contributed by atoms with Crippen molar-refractivity contribution in [1.82, 2.24) is 30.5 Å². The van der Waals surface area contributed by atoms with Crippen molar-refractivity contribution in [1.29, 1.82) is 0 Å². The molecule has 5 rings (SSSR count). The number of nitrogens with one attached hydrogen (secondary N) is 4. The van der Waals surface area contributed by atoms with Crippen molar-refractivity contribution in [2.75, 3.05) is 25.5 Å². The predicted octanol–water partition coefficient (Wildman–Crippen LogP) is 3.72. The smallest absolute Gasteiger partial charge is 0.349 e. The molecule has 1 fully saturated rings. The maximum atomic E-state index is 15.1. The number of carbonyl (C=O) groups is 1. The summed E-state index contributed by atoms with van der Waals surface area (Å²) in [7, 11) is 0. The Balaban J connectivity index is 1.34. The quantitative estimate of drug-likeness (QED) is 0.193. The van der Waals surface area contributed by atoms with Gasteiger partial charge in [-0.05, 0) is 80.9 Å². The summed E-state index contributed by atoms with van der Waals surface area (Å²) in [6.45, 7) is 3.27. The number of hydrogen-bond donors (Lipinski definition) is 4. The van der Waals surface area contributed by atoms with Crippen LogP contribution in [0.3, 0.4) is 0 Å². The summed E-state index contributed by atoms with van der Waals surface area (Å²) in [4.78, 5) is 32.5. The number of H-pyrrole nitrogens is 1. The van der Waals surface area contributed by atoms with Crippen LogP contribution in [-0.2, 0) is 6.54 Å². The third kappa shape index (κ3) is 5.96. The molecule has 1 saturated heterocycles. The highest BCUT2D eigenvalue weighted by molar-refractivity contribution is 6.17. The Morgan fingerprint density at radius 1 is 1.13 bits per heavy atom. The van der Waals surface area contributed by atoms with Crippen LogP contribution in [0.2, 0.25) is 0 Å². The summed E-state index contributed by atoms with van der Waals surface area (Å²) in [5.41, 5.74) is 2.76. The highest BCUT2D eigenvalue weighted by Crippen LogP contribution is 2.26. The fourth-order valence-electron chi connectivity index (χ4n) is 4.63. The van der Waals surface area contributed by atoms with E-state index in [0.717, 1.165) is 44.5 Å². The number of rotatable bonds is 9. The molecule has 1 amide bonds. The molecule has 0 atom stereocenters.